The second-order valence-electron chi connectivity index (χ2n) is 7.95. The van der Waals surface area contributed by atoms with Crippen molar-refractivity contribution in [2.45, 2.75) is 50.9 Å². The first-order chi connectivity index (χ1) is 15.4. The number of amides is 2. The quantitative estimate of drug-likeness (QED) is 0.354. The molecule has 0 aliphatic carbocycles. The fraction of sp³-hybridized carbons (Fsp3) is 0.478. The van der Waals surface area contributed by atoms with Gasteiger partial charge in [-0.05, 0) is 25.8 Å². The monoisotopic (exact) mass is 475 g/mol. The molecule has 2 atom stereocenters. The van der Waals surface area contributed by atoms with Gasteiger partial charge in [0.2, 0.25) is 11.8 Å². The third-order valence-corrected chi connectivity index (χ3v) is 6.45. The van der Waals surface area contributed by atoms with Crippen LogP contribution in [0.2, 0.25) is 5.15 Å². The van der Waals surface area contributed by atoms with Gasteiger partial charge in [-0.25, -0.2) is 9.97 Å². The summed E-state index contributed by atoms with van der Waals surface area (Å²) in [6.07, 6.45) is 1.43. The zero-order chi connectivity index (χ0) is 23.1. The molecule has 0 spiro atoms. The van der Waals surface area contributed by atoms with E-state index in [1.807, 2.05) is 49.1 Å². The lowest BCUT2D eigenvalue weighted by Gasteiger charge is -2.40. The zero-order valence-corrected chi connectivity index (χ0v) is 20.3. The summed E-state index contributed by atoms with van der Waals surface area (Å²) in [6.45, 7) is 8.05. The van der Waals surface area contributed by atoms with Crippen molar-refractivity contribution < 1.29 is 9.59 Å². The van der Waals surface area contributed by atoms with Crippen LogP contribution in [0.3, 0.4) is 0 Å². The van der Waals surface area contributed by atoms with Crippen LogP contribution < -0.4 is 10.2 Å². The molecule has 0 radical (unpaired) electrons. The van der Waals surface area contributed by atoms with Crippen molar-refractivity contribution in [3.05, 3.63) is 47.1 Å². The van der Waals surface area contributed by atoms with E-state index in [-0.39, 0.29) is 29.7 Å². The van der Waals surface area contributed by atoms with E-state index in [0.29, 0.717) is 36.4 Å². The van der Waals surface area contributed by atoms with E-state index in [0.717, 1.165) is 17.8 Å². The number of hydrogen-bond acceptors (Lipinski definition) is 6. The van der Waals surface area contributed by atoms with Crippen LogP contribution in [0.25, 0.3) is 0 Å². The molecule has 2 unspecified atom stereocenters. The number of rotatable bonds is 8. The predicted molar refractivity (Wildman–Crippen MR) is 129 cm³/mol. The molecule has 2 amide bonds. The fourth-order valence-corrected chi connectivity index (χ4v) is 4.64. The molecule has 7 nitrogen and oxygen atoms in total. The molecule has 1 aromatic heterocycles. The molecule has 3 rings (SSSR count). The Bertz CT molecular complexity index is 930. The second-order valence-corrected chi connectivity index (χ2v) is 9.28. The van der Waals surface area contributed by atoms with Crippen molar-refractivity contribution in [1.29, 1.82) is 0 Å². The van der Waals surface area contributed by atoms with Crippen molar-refractivity contribution in [1.82, 2.24) is 20.2 Å². The molecule has 2 aromatic rings. The molecule has 1 fully saturated rings. The first kappa shape index (κ1) is 24.3. The predicted octanol–water partition coefficient (Wildman–Crippen LogP) is 3.94. The Morgan fingerprint density at radius 1 is 1.25 bits per heavy atom. The molecule has 1 aliphatic rings. The van der Waals surface area contributed by atoms with E-state index >= 15 is 0 Å². The van der Waals surface area contributed by atoms with E-state index in [2.05, 4.69) is 27.1 Å². The van der Waals surface area contributed by atoms with E-state index in [4.69, 9.17) is 11.6 Å². The maximum Gasteiger partial charge on any atom is 0.230 e. The summed E-state index contributed by atoms with van der Waals surface area (Å²) in [7, 11) is 0. The van der Waals surface area contributed by atoms with Crippen LogP contribution in [0.5, 0.6) is 0 Å². The first-order valence-electron chi connectivity index (χ1n) is 10.9. The topological polar surface area (TPSA) is 78.4 Å². The van der Waals surface area contributed by atoms with Gasteiger partial charge in [-0.15, -0.1) is 0 Å². The molecule has 1 aromatic carbocycles. The number of nitrogens with one attached hydrogen (secondary N) is 1. The minimum atomic E-state index is -0.0897. The van der Waals surface area contributed by atoms with Gasteiger partial charge in [0.1, 0.15) is 11.0 Å². The van der Waals surface area contributed by atoms with Crippen LogP contribution in [0.15, 0.2) is 41.6 Å². The van der Waals surface area contributed by atoms with Gasteiger partial charge in [0.05, 0.1) is 11.8 Å². The molecule has 0 saturated carbocycles. The normalized spacial score (nSPS) is 17.2. The van der Waals surface area contributed by atoms with Crippen LogP contribution in [0, 0.1) is 0 Å². The summed E-state index contributed by atoms with van der Waals surface area (Å²) < 4.78 is 0. The highest BCUT2D eigenvalue weighted by Gasteiger charge is 2.28. The molecule has 1 aliphatic heterocycles. The number of hydrogen-bond donors (Lipinski definition) is 1. The largest absolute Gasteiger partial charge is 0.353 e. The maximum absolute atomic E-state index is 12.4. The van der Waals surface area contributed by atoms with Crippen LogP contribution in [0.4, 0.5) is 5.82 Å². The van der Waals surface area contributed by atoms with Crippen LogP contribution in [-0.4, -0.2) is 58.1 Å². The van der Waals surface area contributed by atoms with Gasteiger partial charge in [0.25, 0.3) is 0 Å². The molecule has 9 heteroatoms. The highest BCUT2D eigenvalue weighted by Crippen LogP contribution is 2.24. The number of piperazine rings is 1. The van der Waals surface area contributed by atoms with Gasteiger partial charge in [-0.3, -0.25) is 9.59 Å². The minimum absolute atomic E-state index is 0.0756. The lowest BCUT2D eigenvalue weighted by atomic mass is 10.1. The highest BCUT2D eigenvalue weighted by molar-refractivity contribution is 7.99. The van der Waals surface area contributed by atoms with Crippen molar-refractivity contribution in [3.63, 3.8) is 0 Å². The number of halogens is 1. The van der Waals surface area contributed by atoms with Gasteiger partial charge >= 0.3 is 0 Å². The molecule has 172 valence electrons. The molecule has 1 N–H and O–H groups in total. The lowest BCUT2D eigenvalue weighted by Crippen LogP contribution is -2.54. The molecule has 1 saturated heterocycles. The maximum atomic E-state index is 12.4. The molecule has 0 bridgehead atoms. The number of nitrogens with zero attached hydrogens (tertiary/aromatic N) is 4. The van der Waals surface area contributed by atoms with Crippen LogP contribution in [-0.2, 0) is 9.59 Å². The standard InChI is InChI=1S/C23H30ClN5O2S/c1-4-8-22(31)29-12-11-28(14-16(29)2)20-13-19(24)26-23(27-20)32-15-21(30)25-17(3)18-9-6-5-7-10-18/h5-7,9-10,13,16-17H,4,8,11-12,14-15H2,1-3H3,(H,25,30). The molecule has 2 heterocycles. The Morgan fingerprint density at radius 2 is 2.00 bits per heavy atom. The second kappa shape index (κ2) is 11.5. The van der Waals surface area contributed by atoms with E-state index < -0.39 is 0 Å². The Kier molecular flexibility index (Phi) is 8.75. The van der Waals surface area contributed by atoms with Crippen molar-refractivity contribution >= 4 is 41.0 Å². The van der Waals surface area contributed by atoms with Crippen LogP contribution in [0.1, 0.15) is 45.2 Å². The van der Waals surface area contributed by atoms with Gasteiger partial charge in [0.15, 0.2) is 5.16 Å². The van der Waals surface area contributed by atoms with E-state index in [1.54, 1.807) is 6.07 Å². The molecular weight excluding hydrogens is 446 g/mol. The Labute approximate surface area is 198 Å². The highest BCUT2D eigenvalue weighted by atomic mass is 35.5. The number of benzene rings is 1. The summed E-state index contributed by atoms with van der Waals surface area (Å²) in [4.78, 5) is 37.6. The average Bonchev–Trinajstić information content (AvgIpc) is 2.78. The van der Waals surface area contributed by atoms with E-state index in [1.165, 1.54) is 11.8 Å². The number of carbonyl (C=O) groups is 2. The van der Waals surface area contributed by atoms with E-state index in [9.17, 15) is 9.59 Å². The number of aromatic nitrogens is 2. The smallest absolute Gasteiger partial charge is 0.230 e. The summed E-state index contributed by atoms with van der Waals surface area (Å²) >= 11 is 7.51. The van der Waals surface area contributed by atoms with Crippen LogP contribution >= 0.6 is 23.4 Å². The Morgan fingerprint density at radius 3 is 2.69 bits per heavy atom. The van der Waals surface area contributed by atoms with Gasteiger partial charge in [-0.1, -0.05) is 60.6 Å². The average molecular weight is 476 g/mol. The summed E-state index contributed by atoms with van der Waals surface area (Å²) in [5.41, 5.74) is 1.05. The summed E-state index contributed by atoms with van der Waals surface area (Å²) in [6, 6.07) is 11.6. The van der Waals surface area contributed by atoms with Gasteiger partial charge in [-0.2, -0.15) is 0 Å². The number of anilines is 1. The fourth-order valence-electron chi connectivity index (χ4n) is 3.74. The lowest BCUT2D eigenvalue weighted by molar-refractivity contribution is -0.133. The summed E-state index contributed by atoms with van der Waals surface area (Å²) in [5, 5.41) is 3.80. The van der Waals surface area contributed by atoms with Gasteiger partial charge < -0.3 is 15.1 Å². The van der Waals surface area contributed by atoms with Crippen molar-refractivity contribution in [2.75, 3.05) is 30.3 Å². The van der Waals surface area contributed by atoms with Crippen molar-refractivity contribution in [3.8, 4) is 0 Å². The SMILES string of the molecule is CCCC(=O)N1CCN(c2cc(Cl)nc(SCC(=O)NC(C)c3ccccc3)n2)CC1C. The third kappa shape index (κ3) is 6.59. The van der Waals surface area contributed by atoms with Crippen molar-refractivity contribution in [2.24, 2.45) is 0 Å². The Hall–Kier alpha value is -2.32. The third-order valence-electron chi connectivity index (χ3n) is 5.41. The molecule has 32 heavy (non-hydrogen) atoms. The number of thioether (sulfide) groups is 1. The first-order valence-corrected chi connectivity index (χ1v) is 12.3. The Balaban J connectivity index is 1.57. The van der Waals surface area contributed by atoms with Gasteiger partial charge in [0, 0.05) is 38.2 Å². The number of carbonyl (C=O) groups excluding carboxylic acids is 2. The molecular formula is C23H30ClN5O2S. The summed E-state index contributed by atoms with van der Waals surface area (Å²) in [5.74, 6) is 1.03. The minimum Gasteiger partial charge on any atom is -0.353 e. The zero-order valence-electron chi connectivity index (χ0n) is 18.8.